The van der Waals surface area contributed by atoms with E-state index in [0.29, 0.717) is 28.1 Å². The van der Waals surface area contributed by atoms with Crippen LogP contribution in [-0.2, 0) is 6.61 Å². The number of aromatic hydroxyl groups is 1. The standard InChI is InChI=1S/C13H11Cl2NO2/c14-11-5-9(16)6-12(15)13(11)18-7-8-1-3-10(17)4-2-8/h1-6,17H,7,16H2. The minimum atomic E-state index is 0.210. The van der Waals surface area contributed by atoms with Crippen LogP contribution < -0.4 is 10.5 Å². The molecule has 2 aromatic rings. The molecular formula is C13H11Cl2NO2. The van der Waals surface area contributed by atoms with Gasteiger partial charge in [0, 0.05) is 5.69 Å². The fourth-order valence-corrected chi connectivity index (χ4v) is 2.08. The maximum absolute atomic E-state index is 9.16. The van der Waals surface area contributed by atoms with Crippen molar-refractivity contribution in [2.75, 3.05) is 5.73 Å². The van der Waals surface area contributed by atoms with Crippen LogP contribution in [0.15, 0.2) is 36.4 Å². The van der Waals surface area contributed by atoms with Crippen molar-refractivity contribution in [1.82, 2.24) is 0 Å². The van der Waals surface area contributed by atoms with Crippen LogP contribution in [0.4, 0.5) is 5.69 Å². The van der Waals surface area contributed by atoms with E-state index in [2.05, 4.69) is 0 Å². The Kier molecular flexibility index (Phi) is 3.84. The zero-order valence-corrected chi connectivity index (χ0v) is 10.9. The van der Waals surface area contributed by atoms with Crippen molar-refractivity contribution in [3.8, 4) is 11.5 Å². The number of phenolic OH excluding ortho intramolecular Hbond substituents is 1. The average Bonchev–Trinajstić information content (AvgIpc) is 2.30. The van der Waals surface area contributed by atoms with E-state index in [1.807, 2.05) is 0 Å². The van der Waals surface area contributed by atoms with Gasteiger partial charge in [-0.3, -0.25) is 0 Å². The summed E-state index contributed by atoms with van der Waals surface area (Å²) < 4.78 is 5.55. The van der Waals surface area contributed by atoms with Gasteiger partial charge in [0.05, 0.1) is 10.0 Å². The molecule has 0 saturated heterocycles. The second kappa shape index (κ2) is 5.38. The molecule has 0 aliphatic carbocycles. The molecule has 0 saturated carbocycles. The topological polar surface area (TPSA) is 55.5 Å². The number of benzene rings is 2. The molecule has 3 N–H and O–H groups in total. The van der Waals surface area contributed by atoms with Gasteiger partial charge in [-0.2, -0.15) is 0 Å². The third kappa shape index (κ3) is 3.00. The van der Waals surface area contributed by atoms with E-state index in [1.54, 1.807) is 36.4 Å². The molecule has 0 unspecified atom stereocenters. The highest BCUT2D eigenvalue weighted by Crippen LogP contribution is 2.35. The van der Waals surface area contributed by atoms with Gasteiger partial charge < -0.3 is 15.6 Å². The SMILES string of the molecule is Nc1cc(Cl)c(OCc2ccc(O)cc2)c(Cl)c1. The Labute approximate surface area is 115 Å². The molecule has 0 fully saturated rings. The Morgan fingerprint density at radius 1 is 1.06 bits per heavy atom. The summed E-state index contributed by atoms with van der Waals surface area (Å²) in [6.07, 6.45) is 0. The molecule has 0 aromatic heterocycles. The number of ether oxygens (including phenoxy) is 1. The van der Waals surface area contributed by atoms with Crippen LogP contribution in [0.3, 0.4) is 0 Å². The highest BCUT2D eigenvalue weighted by atomic mass is 35.5. The summed E-state index contributed by atoms with van der Waals surface area (Å²) >= 11 is 12.0. The van der Waals surface area contributed by atoms with Crippen LogP contribution in [0.25, 0.3) is 0 Å². The lowest BCUT2D eigenvalue weighted by atomic mass is 10.2. The fraction of sp³-hybridized carbons (Fsp3) is 0.0769. The lowest BCUT2D eigenvalue weighted by Gasteiger charge is -2.10. The van der Waals surface area contributed by atoms with Crippen LogP contribution in [-0.4, -0.2) is 5.11 Å². The minimum Gasteiger partial charge on any atom is -0.508 e. The van der Waals surface area contributed by atoms with E-state index in [0.717, 1.165) is 5.56 Å². The first-order valence-corrected chi connectivity index (χ1v) is 5.97. The number of nitrogens with two attached hydrogens (primary N) is 1. The smallest absolute Gasteiger partial charge is 0.157 e. The number of phenols is 1. The van der Waals surface area contributed by atoms with Gasteiger partial charge >= 0.3 is 0 Å². The van der Waals surface area contributed by atoms with Gasteiger partial charge in [0.25, 0.3) is 0 Å². The highest BCUT2D eigenvalue weighted by Gasteiger charge is 2.08. The van der Waals surface area contributed by atoms with E-state index in [4.69, 9.17) is 38.8 Å². The Balaban J connectivity index is 2.13. The van der Waals surface area contributed by atoms with Gasteiger partial charge in [0.15, 0.2) is 5.75 Å². The lowest BCUT2D eigenvalue weighted by Crippen LogP contribution is -1.97. The van der Waals surface area contributed by atoms with Gasteiger partial charge in [-0.25, -0.2) is 0 Å². The molecule has 0 heterocycles. The molecule has 2 aromatic carbocycles. The molecule has 0 bridgehead atoms. The lowest BCUT2D eigenvalue weighted by molar-refractivity contribution is 0.306. The number of halogens is 2. The van der Waals surface area contributed by atoms with Crippen molar-refractivity contribution in [3.05, 3.63) is 52.0 Å². The molecule has 0 amide bonds. The van der Waals surface area contributed by atoms with E-state index >= 15 is 0 Å². The maximum atomic E-state index is 9.16. The second-order valence-corrected chi connectivity index (χ2v) is 4.58. The third-order valence-electron chi connectivity index (χ3n) is 2.34. The van der Waals surface area contributed by atoms with Crippen molar-refractivity contribution in [3.63, 3.8) is 0 Å². The molecule has 5 heteroatoms. The first-order valence-electron chi connectivity index (χ1n) is 5.21. The monoisotopic (exact) mass is 283 g/mol. The van der Waals surface area contributed by atoms with Crippen LogP contribution in [0.2, 0.25) is 10.0 Å². The van der Waals surface area contributed by atoms with Gasteiger partial charge in [0.1, 0.15) is 12.4 Å². The zero-order chi connectivity index (χ0) is 13.1. The molecule has 0 spiro atoms. The van der Waals surface area contributed by atoms with Gasteiger partial charge in [-0.15, -0.1) is 0 Å². The summed E-state index contributed by atoms with van der Waals surface area (Å²) in [5.74, 6) is 0.614. The van der Waals surface area contributed by atoms with E-state index in [1.165, 1.54) is 0 Å². The van der Waals surface area contributed by atoms with Crippen LogP contribution >= 0.6 is 23.2 Å². The largest absolute Gasteiger partial charge is 0.508 e. The summed E-state index contributed by atoms with van der Waals surface area (Å²) in [6.45, 7) is 0.309. The summed E-state index contributed by atoms with van der Waals surface area (Å²) in [7, 11) is 0. The van der Waals surface area contributed by atoms with Crippen molar-refractivity contribution in [1.29, 1.82) is 0 Å². The summed E-state index contributed by atoms with van der Waals surface area (Å²) in [6, 6.07) is 9.86. The Hall–Kier alpha value is -1.58. The van der Waals surface area contributed by atoms with Gasteiger partial charge in [-0.05, 0) is 29.8 Å². The fourth-order valence-electron chi connectivity index (χ4n) is 1.47. The van der Waals surface area contributed by atoms with Crippen LogP contribution in [0.1, 0.15) is 5.56 Å². The van der Waals surface area contributed by atoms with Crippen molar-refractivity contribution in [2.24, 2.45) is 0 Å². The molecule has 0 aliphatic rings. The zero-order valence-electron chi connectivity index (χ0n) is 9.36. The van der Waals surface area contributed by atoms with Gasteiger partial charge in [0.2, 0.25) is 0 Å². The van der Waals surface area contributed by atoms with Crippen molar-refractivity contribution < 1.29 is 9.84 Å². The molecular weight excluding hydrogens is 273 g/mol. The third-order valence-corrected chi connectivity index (χ3v) is 2.90. The molecule has 2 rings (SSSR count). The van der Waals surface area contributed by atoms with Crippen LogP contribution in [0.5, 0.6) is 11.5 Å². The summed E-state index contributed by atoms with van der Waals surface area (Å²) in [5.41, 5.74) is 6.99. The Bertz CT molecular complexity index is 532. The normalized spacial score (nSPS) is 10.3. The van der Waals surface area contributed by atoms with E-state index < -0.39 is 0 Å². The predicted molar refractivity (Wildman–Crippen MR) is 73.3 cm³/mol. The van der Waals surface area contributed by atoms with Crippen molar-refractivity contribution in [2.45, 2.75) is 6.61 Å². The molecule has 0 aliphatic heterocycles. The highest BCUT2D eigenvalue weighted by molar-refractivity contribution is 6.37. The number of nitrogen functional groups attached to an aromatic ring is 1. The Morgan fingerprint density at radius 2 is 1.61 bits per heavy atom. The van der Waals surface area contributed by atoms with Gasteiger partial charge in [-0.1, -0.05) is 35.3 Å². The average molecular weight is 284 g/mol. The predicted octanol–water partition coefficient (Wildman–Crippen LogP) is 3.86. The molecule has 0 atom stereocenters. The number of anilines is 1. The first-order chi connectivity index (χ1) is 8.56. The molecule has 94 valence electrons. The van der Waals surface area contributed by atoms with E-state index in [-0.39, 0.29) is 5.75 Å². The molecule has 0 radical (unpaired) electrons. The summed E-state index contributed by atoms with van der Waals surface area (Å²) in [4.78, 5) is 0. The summed E-state index contributed by atoms with van der Waals surface area (Å²) in [5, 5.41) is 9.91. The minimum absolute atomic E-state index is 0.210. The van der Waals surface area contributed by atoms with Crippen molar-refractivity contribution >= 4 is 28.9 Å². The maximum Gasteiger partial charge on any atom is 0.157 e. The first kappa shape index (κ1) is 12.9. The second-order valence-electron chi connectivity index (χ2n) is 3.77. The molecule has 3 nitrogen and oxygen atoms in total. The number of hydrogen-bond donors (Lipinski definition) is 2. The quantitative estimate of drug-likeness (QED) is 0.841. The number of hydrogen-bond acceptors (Lipinski definition) is 3. The Morgan fingerprint density at radius 3 is 2.17 bits per heavy atom. The van der Waals surface area contributed by atoms with E-state index in [9.17, 15) is 0 Å². The number of rotatable bonds is 3. The molecule has 18 heavy (non-hydrogen) atoms. The van der Waals surface area contributed by atoms with Crippen LogP contribution in [0, 0.1) is 0 Å².